The maximum atomic E-state index is 12.1. The maximum Gasteiger partial charge on any atom is 0.303 e. The van der Waals surface area contributed by atoms with Crippen molar-refractivity contribution in [3.05, 3.63) is 76.5 Å². The van der Waals surface area contributed by atoms with Crippen molar-refractivity contribution in [2.45, 2.75) is 13.3 Å². The van der Waals surface area contributed by atoms with Crippen LogP contribution < -0.4 is 10.9 Å². The summed E-state index contributed by atoms with van der Waals surface area (Å²) in [6, 6.07) is 17.9. The SMILES string of the molecule is CCC(=O)O.O=c1[nH]c2ccc(-c3csc(Nc4ccccc4)n3)cc2c2cc[nH]c12. The zero-order valence-electron chi connectivity index (χ0n) is 16.7. The number of carboxylic acids is 1. The van der Waals surface area contributed by atoms with Crippen LogP contribution >= 0.6 is 11.3 Å². The van der Waals surface area contributed by atoms with E-state index in [1.165, 1.54) is 0 Å². The fourth-order valence-electron chi connectivity index (χ4n) is 3.11. The smallest absolute Gasteiger partial charge is 0.303 e. The lowest BCUT2D eigenvalue weighted by molar-refractivity contribution is -0.136. The minimum atomic E-state index is -0.745. The molecular weight excluding hydrogens is 412 g/mol. The fraction of sp³-hybridized carbons (Fsp3) is 0.0870. The minimum absolute atomic E-state index is 0.103. The molecule has 0 spiro atoms. The summed E-state index contributed by atoms with van der Waals surface area (Å²) >= 11 is 1.57. The number of para-hydroxylation sites is 1. The van der Waals surface area contributed by atoms with Crippen LogP contribution in [0.15, 0.2) is 71.0 Å². The summed E-state index contributed by atoms with van der Waals surface area (Å²) in [6.45, 7) is 1.60. The van der Waals surface area contributed by atoms with E-state index in [-0.39, 0.29) is 12.0 Å². The van der Waals surface area contributed by atoms with Gasteiger partial charge in [-0.25, -0.2) is 4.98 Å². The van der Waals surface area contributed by atoms with Gasteiger partial charge in [0.15, 0.2) is 5.13 Å². The lowest BCUT2D eigenvalue weighted by atomic mass is 10.1. The standard InChI is InChI=1S/C20H14N4OS.C3H6O2/c25-19-18-14(8-9-21-18)15-10-12(6-7-16(15)23-19)17-11-26-20(24-17)22-13-4-2-1-3-5-13;1-2-3(4)5/h1-11,21H,(H,22,24)(H,23,25);2H2,1H3,(H,4,5). The summed E-state index contributed by atoms with van der Waals surface area (Å²) in [5.41, 5.74) is 4.25. The van der Waals surface area contributed by atoms with E-state index in [4.69, 9.17) is 10.1 Å². The third-order valence-corrected chi connectivity index (χ3v) is 5.42. The summed E-state index contributed by atoms with van der Waals surface area (Å²) in [4.78, 5) is 32.1. The maximum absolute atomic E-state index is 12.1. The highest BCUT2D eigenvalue weighted by Gasteiger charge is 2.10. The highest BCUT2D eigenvalue weighted by atomic mass is 32.1. The molecule has 8 heteroatoms. The minimum Gasteiger partial charge on any atom is -0.481 e. The first-order chi connectivity index (χ1) is 15.0. The van der Waals surface area contributed by atoms with E-state index < -0.39 is 5.97 Å². The Morgan fingerprint density at radius 2 is 1.90 bits per heavy atom. The van der Waals surface area contributed by atoms with E-state index in [0.29, 0.717) is 5.52 Å². The molecule has 2 aromatic carbocycles. The third-order valence-electron chi connectivity index (χ3n) is 4.66. The number of aromatic amines is 2. The molecule has 3 aromatic heterocycles. The molecule has 0 bridgehead atoms. The Morgan fingerprint density at radius 3 is 2.65 bits per heavy atom. The van der Waals surface area contributed by atoms with Crippen molar-refractivity contribution in [1.82, 2.24) is 15.0 Å². The van der Waals surface area contributed by atoms with Crippen LogP contribution in [0.2, 0.25) is 0 Å². The molecule has 0 unspecified atom stereocenters. The van der Waals surface area contributed by atoms with Crippen LogP contribution in [0, 0.1) is 0 Å². The van der Waals surface area contributed by atoms with E-state index in [0.717, 1.165) is 38.4 Å². The Kier molecular flexibility index (Phi) is 5.81. The van der Waals surface area contributed by atoms with Crippen LogP contribution in [0.1, 0.15) is 13.3 Å². The molecule has 4 N–H and O–H groups in total. The molecular formula is C23H20N4O3S. The molecule has 0 saturated heterocycles. The van der Waals surface area contributed by atoms with Gasteiger partial charge in [-0.1, -0.05) is 31.2 Å². The highest BCUT2D eigenvalue weighted by molar-refractivity contribution is 7.14. The predicted molar refractivity (Wildman–Crippen MR) is 125 cm³/mol. The first kappa shape index (κ1) is 20.4. The quantitative estimate of drug-likeness (QED) is 0.306. The Hall–Kier alpha value is -3.91. The number of nitrogens with one attached hydrogen (secondary N) is 3. The summed E-state index contributed by atoms with van der Waals surface area (Å²) in [5, 5.41) is 15.8. The van der Waals surface area contributed by atoms with Gasteiger partial charge in [0.2, 0.25) is 0 Å². The summed E-state index contributed by atoms with van der Waals surface area (Å²) in [5.74, 6) is -0.745. The monoisotopic (exact) mass is 432 g/mol. The molecule has 0 radical (unpaired) electrons. The van der Waals surface area contributed by atoms with Crippen molar-refractivity contribution in [1.29, 1.82) is 0 Å². The van der Waals surface area contributed by atoms with Gasteiger partial charge >= 0.3 is 5.97 Å². The Labute approximate surface area is 181 Å². The number of anilines is 2. The van der Waals surface area contributed by atoms with Gasteiger partial charge < -0.3 is 20.4 Å². The van der Waals surface area contributed by atoms with Crippen molar-refractivity contribution in [2.24, 2.45) is 0 Å². The van der Waals surface area contributed by atoms with Gasteiger partial charge in [-0.3, -0.25) is 9.59 Å². The summed E-state index contributed by atoms with van der Waals surface area (Å²) < 4.78 is 0. The summed E-state index contributed by atoms with van der Waals surface area (Å²) in [6.07, 6.45) is 2.01. The first-order valence-corrected chi connectivity index (χ1v) is 10.6. The number of hydrogen-bond acceptors (Lipinski definition) is 5. The van der Waals surface area contributed by atoms with Crippen LogP contribution in [-0.2, 0) is 4.79 Å². The lowest BCUT2D eigenvalue weighted by Gasteiger charge is -2.03. The topological polar surface area (TPSA) is 111 Å². The van der Waals surface area contributed by atoms with Crippen molar-refractivity contribution < 1.29 is 9.90 Å². The fourth-order valence-corrected chi connectivity index (χ4v) is 3.85. The summed E-state index contributed by atoms with van der Waals surface area (Å²) in [7, 11) is 0. The molecule has 0 fully saturated rings. The molecule has 7 nitrogen and oxygen atoms in total. The second kappa shape index (κ2) is 8.85. The van der Waals surface area contributed by atoms with Gasteiger partial charge in [0.05, 0.1) is 5.69 Å². The average Bonchev–Trinajstić information content (AvgIpc) is 3.45. The second-order valence-corrected chi connectivity index (χ2v) is 7.62. The number of fused-ring (bicyclic) bond motifs is 3. The van der Waals surface area contributed by atoms with Crippen LogP contribution in [0.25, 0.3) is 33.1 Å². The molecule has 0 aliphatic rings. The molecule has 0 atom stereocenters. The molecule has 0 aliphatic carbocycles. The normalized spacial score (nSPS) is 10.6. The van der Waals surface area contributed by atoms with Crippen molar-refractivity contribution in [3.8, 4) is 11.3 Å². The second-order valence-electron chi connectivity index (χ2n) is 6.76. The number of aliphatic carboxylic acids is 1. The van der Waals surface area contributed by atoms with Crippen molar-refractivity contribution in [2.75, 3.05) is 5.32 Å². The number of hydrogen-bond donors (Lipinski definition) is 4. The van der Waals surface area contributed by atoms with Gasteiger partial charge in [-0.2, -0.15) is 0 Å². The molecule has 0 aliphatic heterocycles. The Bertz CT molecular complexity index is 1400. The van der Waals surface area contributed by atoms with E-state index >= 15 is 0 Å². The van der Waals surface area contributed by atoms with Crippen molar-refractivity contribution >= 4 is 49.9 Å². The van der Waals surface area contributed by atoms with Gasteiger partial charge in [0, 0.05) is 45.5 Å². The van der Waals surface area contributed by atoms with Gasteiger partial charge in [0.1, 0.15) is 5.52 Å². The predicted octanol–water partition coefficient (Wildman–Crippen LogP) is 5.36. The molecule has 3 heterocycles. The number of pyridine rings is 1. The highest BCUT2D eigenvalue weighted by Crippen LogP contribution is 2.30. The van der Waals surface area contributed by atoms with Crippen molar-refractivity contribution in [3.63, 3.8) is 0 Å². The van der Waals surface area contributed by atoms with Gasteiger partial charge in [-0.05, 0) is 30.3 Å². The van der Waals surface area contributed by atoms with Crippen LogP contribution in [0.3, 0.4) is 0 Å². The molecule has 31 heavy (non-hydrogen) atoms. The molecule has 156 valence electrons. The number of thiazole rings is 1. The number of nitrogens with zero attached hydrogens (tertiary/aromatic N) is 1. The van der Waals surface area contributed by atoms with Crippen LogP contribution in [0.4, 0.5) is 10.8 Å². The number of aromatic nitrogens is 3. The van der Waals surface area contributed by atoms with Gasteiger partial charge in [-0.15, -0.1) is 11.3 Å². The third kappa shape index (κ3) is 4.49. The van der Waals surface area contributed by atoms with E-state index in [9.17, 15) is 9.59 Å². The van der Waals surface area contributed by atoms with Gasteiger partial charge in [0.25, 0.3) is 5.56 Å². The van der Waals surface area contributed by atoms with E-state index in [2.05, 4.69) is 21.4 Å². The average molecular weight is 433 g/mol. The Balaban J connectivity index is 0.000000418. The van der Waals surface area contributed by atoms with Crippen LogP contribution in [0.5, 0.6) is 0 Å². The molecule has 5 rings (SSSR count). The lowest BCUT2D eigenvalue weighted by Crippen LogP contribution is -2.05. The number of H-pyrrole nitrogens is 2. The largest absolute Gasteiger partial charge is 0.481 e. The van der Waals surface area contributed by atoms with Crippen LogP contribution in [-0.4, -0.2) is 26.0 Å². The molecule has 5 aromatic rings. The number of rotatable bonds is 4. The van der Waals surface area contributed by atoms with E-state index in [1.807, 2.05) is 53.9 Å². The van der Waals surface area contributed by atoms with E-state index in [1.54, 1.807) is 24.5 Å². The first-order valence-electron chi connectivity index (χ1n) is 9.68. The zero-order chi connectivity index (χ0) is 21.8. The number of benzene rings is 2. The zero-order valence-corrected chi connectivity index (χ0v) is 17.5. The molecule has 0 saturated carbocycles. The Morgan fingerprint density at radius 1 is 1.13 bits per heavy atom. The molecule has 0 amide bonds. The number of carboxylic acid groups (broad SMARTS) is 1. The number of carbonyl (C=O) groups is 1.